The number of carbonyl (C=O) groups excluding carboxylic acids is 2. The van der Waals surface area contributed by atoms with E-state index in [-0.39, 0.29) is 5.91 Å². The molecule has 1 aliphatic rings. The van der Waals surface area contributed by atoms with Crippen molar-refractivity contribution in [2.75, 3.05) is 19.1 Å². The van der Waals surface area contributed by atoms with E-state index in [1.54, 1.807) is 23.1 Å². The number of carbonyl (C=O) groups is 2. The second-order valence-electron chi connectivity index (χ2n) is 6.00. The second-order valence-corrected chi connectivity index (χ2v) is 6.00. The van der Waals surface area contributed by atoms with Gasteiger partial charge in [0.25, 0.3) is 11.7 Å². The van der Waals surface area contributed by atoms with Gasteiger partial charge in [-0.25, -0.2) is 0 Å². The van der Waals surface area contributed by atoms with E-state index in [2.05, 4.69) is 0 Å². The van der Waals surface area contributed by atoms with E-state index in [0.717, 1.165) is 11.1 Å². The predicted octanol–water partition coefficient (Wildman–Crippen LogP) is 2.09. The predicted molar refractivity (Wildman–Crippen MR) is 93.0 cm³/mol. The first-order chi connectivity index (χ1) is 11.9. The number of rotatable bonds is 5. The fourth-order valence-electron chi connectivity index (χ4n) is 3.10. The molecule has 6 nitrogen and oxygen atoms in total. The molecule has 0 atom stereocenters. The van der Waals surface area contributed by atoms with Gasteiger partial charge >= 0.3 is 0 Å². The highest BCUT2D eigenvalue weighted by Crippen LogP contribution is 2.44. The summed E-state index contributed by atoms with van der Waals surface area (Å²) in [6, 6.07) is 12.8. The molecule has 130 valence electrons. The fraction of sp³-hybridized carbons (Fsp3) is 0.263. The van der Waals surface area contributed by atoms with Crippen LogP contribution in [0, 0.1) is 6.92 Å². The van der Waals surface area contributed by atoms with Crippen molar-refractivity contribution in [2.24, 2.45) is 5.73 Å². The lowest BCUT2D eigenvalue weighted by Gasteiger charge is -2.25. The minimum atomic E-state index is -1.58. The molecule has 2 aromatic rings. The lowest BCUT2D eigenvalue weighted by molar-refractivity contribution is -0.209. The third-order valence-corrected chi connectivity index (χ3v) is 4.49. The molecule has 0 unspecified atom stereocenters. The molecule has 25 heavy (non-hydrogen) atoms. The largest absolute Gasteiger partial charge is 0.366 e. The van der Waals surface area contributed by atoms with Crippen molar-refractivity contribution in [3.8, 4) is 0 Å². The quantitative estimate of drug-likeness (QED) is 0.845. The molecule has 2 aromatic carbocycles. The third-order valence-electron chi connectivity index (χ3n) is 4.49. The standard InChI is InChI=1S/C19H20N2O4/c1-12-4-6-13(7-5-12)11-21-16-9-8-14(17(20)22)10-15(16)19(24-2,25-3)18(21)23/h4-10H,11H2,1-3H3,(H2,20,22). The Bertz CT molecular complexity index is 826. The van der Waals surface area contributed by atoms with Crippen molar-refractivity contribution in [3.05, 3.63) is 64.7 Å². The zero-order chi connectivity index (χ0) is 18.2. The number of benzene rings is 2. The Morgan fingerprint density at radius 2 is 1.76 bits per heavy atom. The number of hydrogen-bond acceptors (Lipinski definition) is 4. The summed E-state index contributed by atoms with van der Waals surface area (Å²) in [5, 5.41) is 0. The summed E-state index contributed by atoms with van der Waals surface area (Å²) in [6.45, 7) is 2.38. The summed E-state index contributed by atoms with van der Waals surface area (Å²) in [6.07, 6.45) is 0. The van der Waals surface area contributed by atoms with E-state index in [4.69, 9.17) is 15.2 Å². The first-order valence-electron chi connectivity index (χ1n) is 7.85. The van der Waals surface area contributed by atoms with Crippen molar-refractivity contribution in [3.63, 3.8) is 0 Å². The van der Waals surface area contributed by atoms with Crippen molar-refractivity contribution < 1.29 is 19.1 Å². The van der Waals surface area contributed by atoms with Gasteiger partial charge in [0.1, 0.15) is 0 Å². The van der Waals surface area contributed by atoms with Crippen LogP contribution in [-0.4, -0.2) is 26.0 Å². The van der Waals surface area contributed by atoms with Crippen LogP contribution in [0.5, 0.6) is 0 Å². The van der Waals surface area contributed by atoms with Gasteiger partial charge < -0.3 is 20.1 Å². The number of methoxy groups -OCH3 is 2. The maximum absolute atomic E-state index is 13.1. The first kappa shape index (κ1) is 17.1. The summed E-state index contributed by atoms with van der Waals surface area (Å²) >= 11 is 0. The zero-order valence-corrected chi connectivity index (χ0v) is 14.4. The van der Waals surface area contributed by atoms with E-state index in [1.807, 2.05) is 31.2 Å². The van der Waals surface area contributed by atoms with Crippen molar-refractivity contribution in [2.45, 2.75) is 19.3 Å². The van der Waals surface area contributed by atoms with Crippen LogP contribution in [0.1, 0.15) is 27.0 Å². The lowest BCUT2D eigenvalue weighted by atomic mass is 10.0. The Hall–Kier alpha value is -2.70. The van der Waals surface area contributed by atoms with Gasteiger partial charge in [0.15, 0.2) is 0 Å². The topological polar surface area (TPSA) is 81.9 Å². The number of hydrogen-bond donors (Lipinski definition) is 1. The van der Waals surface area contributed by atoms with Gasteiger partial charge in [-0.05, 0) is 30.7 Å². The Kier molecular flexibility index (Phi) is 4.32. The highest BCUT2D eigenvalue weighted by atomic mass is 16.7. The van der Waals surface area contributed by atoms with Crippen LogP contribution in [0.4, 0.5) is 5.69 Å². The Labute approximate surface area is 146 Å². The smallest absolute Gasteiger partial charge is 0.292 e. The molecule has 0 aliphatic carbocycles. The molecule has 0 bridgehead atoms. The van der Waals surface area contributed by atoms with Crippen LogP contribution in [-0.2, 0) is 26.6 Å². The van der Waals surface area contributed by atoms with Crippen LogP contribution >= 0.6 is 0 Å². The number of aryl methyl sites for hydroxylation is 1. The molecular weight excluding hydrogens is 320 g/mol. The molecule has 0 radical (unpaired) electrons. The van der Waals surface area contributed by atoms with E-state index in [1.165, 1.54) is 14.2 Å². The SMILES string of the molecule is COC1(OC)C(=O)N(Cc2ccc(C)cc2)c2ccc(C(N)=O)cc21. The lowest BCUT2D eigenvalue weighted by Crippen LogP contribution is -2.43. The number of primary amides is 1. The van der Waals surface area contributed by atoms with Crippen LogP contribution in [0.15, 0.2) is 42.5 Å². The van der Waals surface area contributed by atoms with E-state index in [0.29, 0.717) is 23.4 Å². The van der Waals surface area contributed by atoms with Crippen LogP contribution in [0.2, 0.25) is 0 Å². The van der Waals surface area contributed by atoms with Crippen molar-refractivity contribution >= 4 is 17.5 Å². The normalized spacial score (nSPS) is 15.3. The van der Waals surface area contributed by atoms with Gasteiger partial charge in [0.05, 0.1) is 12.2 Å². The minimum absolute atomic E-state index is 0.294. The molecule has 0 saturated heterocycles. The van der Waals surface area contributed by atoms with Crippen molar-refractivity contribution in [1.82, 2.24) is 0 Å². The number of ether oxygens (including phenoxy) is 2. The Morgan fingerprint density at radius 1 is 1.12 bits per heavy atom. The van der Waals surface area contributed by atoms with Crippen LogP contribution in [0.25, 0.3) is 0 Å². The Balaban J connectivity index is 2.08. The monoisotopic (exact) mass is 340 g/mol. The molecule has 1 aliphatic heterocycles. The molecule has 1 heterocycles. The third kappa shape index (κ3) is 2.69. The minimum Gasteiger partial charge on any atom is -0.366 e. The summed E-state index contributed by atoms with van der Waals surface area (Å²) < 4.78 is 10.9. The van der Waals surface area contributed by atoms with Gasteiger partial charge in [-0.1, -0.05) is 29.8 Å². The van der Waals surface area contributed by atoms with Gasteiger partial charge in [-0.2, -0.15) is 0 Å². The molecule has 0 spiro atoms. The number of nitrogens with two attached hydrogens (primary N) is 1. The van der Waals surface area contributed by atoms with Crippen molar-refractivity contribution in [1.29, 1.82) is 0 Å². The van der Waals surface area contributed by atoms with Gasteiger partial charge in [-0.15, -0.1) is 0 Å². The summed E-state index contributed by atoms with van der Waals surface area (Å²) in [4.78, 5) is 26.2. The molecule has 6 heteroatoms. The molecular formula is C19H20N2O4. The summed E-state index contributed by atoms with van der Waals surface area (Å²) in [5.74, 6) is -2.49. The fourth-order valence-corrected chi connectivity index (χ4v) is 3.10. The van der Waals surface area contributed by atoms with Gasteiger partial charge in [0.2, 0.25) is 5.91 Å². The summed E-state index contributed by atoms with van der Waals surface area (Å²) in [5.41, 5.74) is 8.90. The van der Waals surface area contributed by atoms with E-state index >= 15 is 0 Å². The maximum Gasteiger partial charge on any atom is 0.292 e. The molecule has 0 aromatic heterocycles. The molecule has 0 fully saturated rings. The van der Waals surface area contributed by atoms with E-state index < -0.39 is 11.7 Å². The Morgan fingerprint density at radius 3 is 2.32 bits per heavy atom. The second kappa shape index (κ2) is 6.31. The number of nitrogens with zero attached hydrogens (tertiary/aromatic N) is 1. The van der Waals surface area contributed by atoms with Gasteiger partial charge in [-0.3, -0.25) is 9.59 Å². The highest BCUT2D eigenvalue weighted by Gasteiger charge is 2.52. The molecule has 2 N–H and O–H groups in total. The number of amides is 2. The average molecular weight is 340 g/mol. The van der Waals surface area contributed by atoms with Crippen LogP contribution < -0.4 is 10.6 Å². The first-order valence-corrected chi connectivity index (χ1v) is 7.85. The van der Waals surface area contributed by atoms with E-state index in [9.17, 15) is 9.59 Å². The number of fused-ring (bicyclic) bond motifs is 1. The zero-order valence-electron chi connectivity index (χ0n) is 14.4. The molecule has 0 saturated carbocycles. The average Bonchev–Trinajstić information content (AvgIpc) is 2.85. The maximum atomic E-state index is 13.1. The molecule has 3 rings (SSSR count). The summed E-state index contributed by atoms with van der Waals surface area (Å²) in [7, 11) is 2.80. The van der Waals surface area contributed by atoms with Crippen LogP contribution in [0.3, 0.4) is 0 Å². The number of anilines is 1. The highest BCUT2D eigenvalue weighted by molar-refractivity contribution is 6.07. The van der Waals surface area contributed by atoms with Gasteiger partial charge in [0, 0.05) is 25.3 Å². The molecule has 2 amide bonds.